The van der Waals surface area contributed by atoms with Crippen molar-refractivity contribution in [2.75, 3.05) is 32.7 Å². The molecule has 20 heavy (non-hydrogen) atoms. The number of benzene rings is 1. The number of carboxylic acid groups (broad SMARTS) is 1. The highest BCUT2D eigenvalue weighted by atomic mass is 16.4. The Labute approximate surface area is 117 Å². The maximum atomic E-state index is 12.3. The van der Waals surface area contributed by atoms with E-state index < -0.39 is 12.0 Å². The van der Waals surface area contributed by atoms with Gasteiger partial charge in [0.25, 0.3) is 0 Å². The van der Waals surface area contributed by atoms with Crippen molar-refractivity contribution in [3.8, 4) is 0 Å². The largest absolute Gasteiger partial charge is 0.480 e. The molecule has 6 nitrogen and oxygen atoms in total. The molecule has 1 saturated heterocycles. The monoisotopic (exact) mass is 277 g/mol. The number of nitrogens with zero attached hydrogens (tertiary/aromatic N) is 2. The fraction of sp³-hybridized carbons (Fsp3) is 0.429. The molecule has 1 aromatic rings. The Hall–Kier alpha value is -1.92. The number of hydrogen-bond acceptors (Lipinski definition) is 4. The second-order valence-electron chi connectivity index (χ2n) is 4.88. The van der Waals surface area contributed by atoms with E-state index in [2.05, 4.69) is 0 Å². The van der Waals surface area contributed by atoms with Crippen LogP contribution in [0, 0.1) is 0 Å². The zero-order chi connectivity index (χ0) is 14.5. The van der Waals surface area contributed by atoms with E-state index in [1.54, 1.807) is 4.90 Å². The highest BCUT2D eigenvalue weighted by Crippen LogP contribution is 2.14. The third-order valence-corrected chi connectivity index (χ3v) is 3.47. The Morgan fingerprint density at radius 2 is 1.75 bits per heavy atom. The van der Waals surface area contributed by atoms with Gasteiger partial charge in [0.15, 0.2) is 0 Å². The Kier molecular flexibility index (Phi) is 4.70. The molecule has 108 valence electrons. The summed E-state index contributed by atoms with van der Waals surface area (Å²) in [7, 11) is 0. The molecule has 1 aliphatic heterocycles. The van der Waals surface area contributed by atoms with Gasteiger partial charge >= 0.3 is 5.97 Å². The highest BCUT2D eigenvalue weighted by molar-refractivity contribution is 5.83. The number of carbonyl (C=O) groups is 2. The Morgan fingerprint density at radius 1 is 1.15 bits per heavy atom. The second-order valence-corrected chi connectivity index (χ2v) is 4.88. The van der Waals surface area contributed by atoms with Gasteiger partial charge in [-0.3, -0.25) is 14.5 Å². The molecule has 0 radical (unpaired) electrons. The molecule has 3 N–H and O–H groups in total. The minimum absolute atomic E-state index is 0.0206. The summed E-state index contributed by atoms with van der Waals surface area (Å²) in [5, 5.41) is 8.74. The van der Waals surface area contributed by atoms with Crippen LogP contribution in [0.15, 0.2) is 30.3 Å². The van der Waals surface area contributed by atoms with Crippen LogP contribution >= 0.6 is 0 Å². The summed E-state index contributed by atoms with van der Waals surface area (Å²) in [6.07, 6.45) is 0. The van der Waals surface area contributed by atoms with Gasteiger partial charge in [0, 0.05) is 26.2 Å². The van der Waals surface area contributed by atoms with Crippen LogP contribution in [0.1, 0.15) is 11.6 Å². The SMILES string of the molecule is N[C@H](C(=O)N1CCN(CC(=O)O)CC1)c1ccccc1. The van der Waals surface area contributed by atoms with Gasteiger partial charge in [-0.15, -0.1) is 0 Å². The molecule has 0 aromatic heterocycles. The van der Waals surface area contributed by atoms with Crippen LogP contribution in [-0.2, 0) is 9.59 Å². The predicted octanol–water partition coefficient (Wildman–Crippen LogP) is -0.0848. The molecule has 0 spiro atoms. The standard InChI is InChI=1S/C14H19N3O3/c15-13(11-4-2-1-3-5-11)14(20)17-8-6-16(7-9-17)10-12(18)19/h1-5,13H,6-10,15H2,(H,18,19)/t13-/m0/s1. The quantitative estimate of drug-likeness (QED) is 0.803. The van der Waals surface area contributed by atoms with Crippen molar-refractivity contribution >= 4 is 11.9 Å². The smallest absolute Gasteiger partial charge is 0.317 e. The molecule has 0 unspecified atom stereocenters. The topological polar surface area (TPSA) is 86.9 Å². The van der Waals surface area contributed by atoms with E-state index >= 15 is 0 Å². The number of carboxylic acids is 1. The molecule has 0 aliphatic carbocycles. The average molecular weight is 277 g/mol. The van der Waals surface area contributed by atoms with Crippen LogP contribution in [-0.4, -0.2) is 59.5 Å². The fourth-order valence-electron chi connectivity index (χ4n) is 2.32. The third-order valence-electron chi connectivity index (χ3n) is 3.47. The summed E-state index contributed by atoms with van der Waals surface area (Å²) < 4.78 is 0. The lowest BCUT2D eigenvalue weighted by atomic mass is 10.1. The van der Waals surface area contributed by atoms with Gasteiger partial charge in [0.05, 0.1) is 6.54 Å². The molecular weight excluding hydrogens is 258 g/mol. The lowest BCUT2D eigenvalue weighted by Crippen LogP contribution is -2.51. The molecule has 2 rings (SSSR count). The van der Waals surface area contributed by atoms with Crippen LogP contribution in [0.2, 0.25) is 0 Å². The molecule has 0 saturated carbocycles. The van der Waals surface area contributed by atoms with Gasteiger partial charge in [-0.2, -0.15) is 0 Å². The highest BCUT2D eigenvalue weighted by Gasteiger charge is 2.26. The Morgan fingerprint density at radius 3 is 2.30 bits per heavy atom. The Balaban J connectivity index is 1.90. The fourth-order valence-corrected chi connectivity index (χ4v) is 2.32. The van der Waals surface area contributed by atoms with E-state index in [1.807, 2.05) is 35.2 Å². The maximum Gasteiger partial charge on any atom is 0.317 e. The summed E-state index contributed by atoms with van der Waals surface area (Å²) in [4.78, 5) is 26.5. The van der Waals surface area contributed by atoms with E-state index in [9.17, 15) is 9.59 Å². The molecule has 1 fully saturated rings. The lowest BCUT2D eigenvalue weighted by Gasteiger charge is -2.35. The first kappa shape index (κ1) is 14.5. The van der Waals surface area contributed by atoms with Crippen molar-refractivity contribution in [2.24, 2.45) is 5.73 Å². The molecular formula is C14H19N3O3. The van der Waals surface area contributed by atoms with E-state index in [4.69, 9.17) is 10.8 Å². The first-order valence-electron chi connectivity index (χ1n) is 6.61. The van der Waals surface area contributed by atoms with Gasteiger partial charge in [0.1, 0.15) is 6.04 Å². The average Bonchev–Trinajstić information content (AvgIpc) is 2.47. The molecule has 6 heteroatoms. The van der Waals surface area contributed by atoms with Crippen molar-refractivity contribution in [3.05, 3.63) is 35.9 Å². The molecule has 1 aliphatic rings. The van der Waals surface area contributed by atoms with E-state index in [1.165, 1.54) is 0 Å². The van der Waals surface area contributed by atoms with Gasteiger partial charge in [0.2, 0.25) is 5.91 Å². The zero-order valence-corrected chi connectivity index (χ0v) is 11.2. The molecule has 1 atom stereocenters. The predicted molar refractivity (Wildman–Crippen MR) is 74.0 cm³/mol. The van der Waals surface area contributed by atoms with Crippen molar-refractivity contribution in [1.29, 1.82) is 0 Å². The van der Waals surface area contributed by atoms with Gasteiger partial charge in [-0.05, 0) is 5.56 Å². The summed E-state index contributed by atoms with van der Waals surface area (Å²) in [5.74, 6) is -0.947. The Bertz CT molecular complexity index is 470. The number of carbonyl (C=O) groups excluding carboxylic acids is 1. The van der Waals surface area contributed by atoms with Crippen molar-refractivity contribution in [1.82, 2.24) is 9.80 Å². The minimum atomic E-state index is -0.842. The molecule has 0 bridgehead atoms. The summed E-state index contributed by atoms with van der Waals surface area (Å²) in [6.45, 7) is 2.20. The first-order chi connectivity index (χ1) is 9.58. The van der Waals surface area contributed by atoms with Crippen molar-refractivity contribution in [2.45, 2.75) is 6.04 Å². The number of piperazine rings is 1. The number of amides is 1. The lowest BCUT2D eigenvalue weighted by molar-refractivity contribution is -0.139. The van der Waals surface area contributed by atoms with E-state index in [0.717, 1.165) is 5.56 Å². The zero-order valence-electron chi connectivity index (χ0n) is 11.2. The van der Waals surface area contributed by atoms with Gasteiger partial charge in [-0.1, -0.05) is 30.3 Å². The summed E-state index contributed by atoms with van der Waals surface area (Å²) in [5.41, 5.74) is 6.78. The third kappa shape index (κ3) is 3.55. The van der Waals surface area contributed by atoms with Crippen LogP contribution in [0.5, 0.6) is 0 Å². The van der Waals surface area contributed by atoms with Crippen LogP contribution < -0.4 is 5.73 Å². The number of aliphatic carboxylic acids is 1. The van der Waals surface area contributed by atoms with E-state index in [-0.39, 0.29) is 12.5 Å². The first-order valence-corrected chi connectivity index (χ1v) is 6.61. The normalized spacial score (nSPS) is 17.8. The van der Waals surface area contributed by atoms with Crippen LogP contribution in [0.4, 0.5) is 0 Å². The minimum Gasteiger partial charge on any atom is -0.480 e. The summed E-state index contributed by atoms with van der Waals surface area (Å²) in [6, 6.07) is 8.61. The van der Waals surface area contributed by atoms with Crippen LogP contribution in [0.25, 0.3) is 0 Å². The molecule has 1 heterocycles. The van der Waals surface area contributed by atoms with Crippen molar-refractivity contribution in [3.63, 3.8) is 0 Å². The van der Waals surface area contributed by atoms with Gasteiger partial charge in [-0.25, -0.2) is 0 Å². The number of rotatable bonds is 4. The number of nitrogens with two attached hydrogens (primary N) is 1. The second kappa shape index (κ2) is 6.49. The van der Waals surface area contributed by atoms with Crippen LogP contribution in [0.3, 0.4) is 0 Å². The summed E-state index contributed by atoms with van der Waals surface area (Å²) >= 11 is 0. The van der Waals surface area contributed by atoms with Crippen molar-refractivity contribution < 1.29 is 14.7 Å². The number of hydrogen-bond donors (Lipinski definition) is 2. The van der Waals surface area contributed by atoms with E-state index in [0.29, 0.717) is 26.2 Å². The molecule has 1 amide bonds. The molecule has 1 aromatic carbocycles. The maximum absolute atomic E-state index is 12.3. The van der Waals surface area contributed by atoms with Gasteiger partial charge < -0.3 is 15.7 Å².